The van der Waals surface area contributed by atoms with Gasteiger partial charge >= 0.3 is 5.97 Å². The largest absolute Gasteiger partial charge is 0.461 e. The van der Waals surface area contributed by atoms with Crippen molar-refractivity contribution in [1.29, 1.82) is 0 Å². The van der Waals surface area contributed by atoms with E-state index in [1.54, 1.807) is 0 Å². The second-order valence-electron chi connectivity index (χ2n) is 15.6. The first-order valence-corrected chi connectivity index (χ1v) is 15.3. The second-order valence-corrected chi connectivity index (χ2v) is 15.6. The van der Waals surface area contributed by atoms with Crippen LogP contribution in [-0.2, 0) is 23.7 Å². The average Bonchev–Trinajstić information content (AvgIpc) is 3.42. The van der Waals surface area contributed by atoms with Gasteiger partial charge in [-0.05, 0) is 88.4 Å². The minimum Gasteiger partial charge on any atom is -0.461 e. The molecule has 5 heteroatoms. The van der Waals surface area contributed by atoms with Crippen LogP contribution >= 0.6 is 0 Å². The highest BCUT2D eigenvalue weighted by molar-refractivity contribution is 5.75. The van der Waals surface area contributed by atoms with Gasteiger partial charge in [0.1, 0.15) is 6.10 Å². The van der Waals surface area contributed by atoms with Crippen LogP contribution in [0.15, 0.2) is 11.6 Å². The molecule has 0 N–H and O–H groups in total. The summed E-state index contributed by atoms with van der Waals surface area (Å²) in [5.41, 5.74) is 1.06. The number of carbonyl (C=O) groups excluding carboxylic acids is 1. The Labute approximate surface area is 223 Å². The lowest BCUT2D eigenvalue weighted by Crippen LogP contribution is -2.58. The molecule has 0 aromatic carbocycles. The SMILES string of the molecule is C[C@H]1CC[C@@]2(OC1)O[C@H]1C=C3[C@@H]4CC[C@H]5C[C@@H]6O[C@@H]6C[C@]5(C)[C@H]4C[C@H](OC(=O)C(C)(C)C)[C@]3(C)[C@H]1[C@@H]2C. The number of hydrogen-bond acceptors (Lipinski definition) is 5. The van der Waals surface area contributed by atoms with Crippen molar-refractivity contribution in [3.8, 4) is 0 Å². The molecule has 0 bridgehead atoms. The van der Waals surface area contributed by atoms with Crippen molar-refractivity contribution < 1.29 is 23.7 Å². The fourth-order valence-electron chi connectivity index (χ4n) is 10.2. The number of rotatable bonds is 1. The van der Waals surface area contributed by atoms with E-state index in [1.165, 1.54) is 31.3 Å². The third kappa shape index (κ3) is 3.41. The van der Waals surface area contributed by atoms with Gasteiger partial charge in [0.05, 0.1) is 30.3 Å². The first kappa shape index (κ1) is 25.1. The van der Waals surface area contributed by atoms with Gasteiger partial charge < -0.3 is 18.9 Å². The van der Waals surface area contributed by atoms with E-state index in [-0.39, 0.29) is 40.8 Å². The first-order chi connectivity index (χ1) is 17.4. The molecule has 206 valence electrons. The van der Waals surface area contributed by atoms with Gasteiger partial charge in [-0.1, -0.05) is 39.3 Å². The summed E-state index contributed by atoms with van der Waals surface area (Å²) in [5, 5.41) is 0. The third-order valence-corrected chi connectivity index (χ3v) is 12.5. The van der Waals surface area contributed by atoms with Crippen LogP contribution in [0.3, 0.4) is 0 Å². The number of fused-ring (bicyclic) bond motifs is 8. The summed E-state index contributed by atoms with van der Waals surface area (Å²) < 4.78 is 26.1. The van der Waals surface area contributed by atoms with Crippen LogP contribution in [0.25, 0.3) is 0 Å². The van der Waals surface area contributed by atoms with Gasteiger partial charge in [-0.2, -0.15) is 0 Å². The molecular weight excluding hydrogens is 464 g/mol. The zero-order valence-electron chi connectivity index (χ0n) is 24.0. The molecule has 5 nitrogen and oxygen atoms in total. The number of carbonyl (C=O) groups is 1. The highest BCUT2D eigenvalue weighted by atomic mass is 16.7. The van der Waals surface area contributed by atoms with Gasteiger partial charge in [-0.15, -0.1) is 0 Å². The summed E-state index contributed by atoms with van der Waals surface area (Å²) in [7, 11) is 0. The van der Waals surface area contributed by atoms with Crippen molar-refractivity contribution in [3.63, 3.8) is 0 Å². The van der Waals surface area contributed by atoms with Crippen LogP contribution < -0.4 is 0 Å². The maximum Gasteiger partial charge on any atom is 0.311 e. The fourth-order valence-corrected chi connectivity index (χ4v) is 10.2. The summed E-state index contributed by atoms with van der Waals surface area (Å²) in [6.45, 7) is 16.3. The molecule has 3 heterocycles. The summed E-state index contributed by atoms with van der Waals surface area (Å²) in [6.07, 6.45) is 11.4. The van der Waals surface area contributed by atoms with Gasteiger partial charge in [0.25, 0.3) is 0 Å². The zero-order chi connectivity index (χ0) is 26.1. The van der Waals surface area contributed by atoms with E-state index in [9.17, 15) is 4.79 Å². The Morgan fingerprint density at radius 3 is 2.57 bits per heavy atom. The van der Waals surface area contributed by atoms with Crippen molar-refractivity contribution in [2.24, 2.45) is 51.8 Å². The summed E-state index contributed by atoms with van der Waals surface area (Å²) in [4.78, 5) is 13.4. The summed E-state index contributed by atoms with van der Waals surface area (Å²) >= 11 is 0. The lowest BCUT2D eigenvalue weighted by atomic mass is 9.45. The molecule has 0 aromatic heterocycles. The minimum absolute atomic E-state index is 0.0472. The van der Waals surface area contributed by atoms with Crippen molar-refractivity contribution in [2.75, 3.05) is 6.61 Å². The fraction of sp³-hybridized carbons (Fsp3) is 0.906. The maximum absolute atomic E-state index is 13.4. The lowest BCUT2D eigenvalue weighted by molar-refractivity contribution is -0.265. The summed E-state index contributed by atoms with van der Waals surface area (Å²) in [5.74, 6) is 2.36. The van der Waals surface area contributed by atoms with Crippen molar-refractivity contribution >= 4 is 5.97 Å². The molecule has 13 atom stereocenters. The molecule has 0 aromatic rings. The molecule has 3 saturated carbocycles. The highest BCUT2D eigenvalue weighted by Gasteiger charge is 2.70. The number of hydrogen-bond donors (Lipinski definition) is 0. The molecule has 3 saturated heterocycles. The quantitative estimate of drug-likeness (QED) is 0.234. The van der Waals surface area contributed by atoms with Crippen molar-refractivity contribution in [1.82, 2.24) is 0 Å². The smallest absolute Gasteiger partial charge is 0.311 e. The number of esters is 1. The van der Waals surface area contributed by atoms with Crippen LogP contribution in [0, 0.1) is 51.8 Å². The van der Waals surface area contributed by atoms with Crippen LogP contribution in [-0.4, -0.2) is 42.8 Å². The maximum atomic E-state index is 13.4. The second kappa shape index (κ2) is 7.85. The Bertz CT molecular complexity index is 1000. The minimum atomic E-state index is -0.518. The van der Waals surface area contributed by atoms with Gasteiger partial charge in [0, 0.05) is 23.7 Å². The van der Waals surface area contributed by atoms with Gasteiger partial charge in [-0.25, -0.2) is 0 Å². The monoisotopic (exact) mass is 512 g/mol. The molecule has 4 aliphatic carbocycles. The van der Waals surface area contributed by atoms with E-state index in [2.05, 4.69) is 33.8 Å². The Balaban J connectivity index is 1.27. The van der Waals surface area contributed by atoms with E-state index in [0.29, 0.717) is 30.0 Å². The van der Waals surface area contributed by atoms with E-state index in [0.717, 1.165) is 31.8 Å². The predicted molar refractivity (Wildman–Crippen MR) is 140 cm³/mol. The molecule has 0 amide bonds. The molecule has 37 heavy (non-hydrogen) atoms. The lowest BCUT2D eigenvalue weighted by Gasteiger charge is -2.60. The Morgan fingerprint density at radius 2 is 1.86 bits per heavy atom. The molecule has 7 aliphatic rings. The topological polar surface area (TPSA) is 57.3 Å². The Hall–Kier alpha value is -0.910. The van der Waals surface area contributed by atoms with Gasteiger partial charge in [0.2, 0.25) is 0 Å². The third-order valence-electron chi connectivity index (χ3n) is 12.5. The van der Waals surface area contributed by atoms with Crippen LogP contribution in [0.2, 0.25) is 0 Å². The normalized spacial score (nSPS) is 55.9. The Kier molecular flexibility index (Phi) is 5.32. The number of epoxide rings is 1. The van der Waals surface area contributed by atoms with Crippen LogP contribution in [0.4, 0.5) is 0 Å². The average molecular weight is 513 g/mol. The van der Waals surface area contributed by atoms with Crippen LogP contribution in [0.5, 0.6) is 0 Å². The Morgan fingerprint density at radius 1 is 1.08 bits per heavy atom. The highest BCUT2D eigenvalue weighted by Crippen LogP contribution is 2.71. The zero-order valence-corrected chi connectivity index (χ0v) is 24.0. The molecule has 6 fully saturated rings. The van der Waals surface area contributed by atoms with Gasteiger partial charge in [0.15, 0.2) is 5.79 Å². The number of ether oxygens (including phenoxy) is 4. The first-order valence-electron chi connectivity index (χ1n) is 15.3. The molecule has 7 rings (SSSR count). The van der Waals surface area contributed by atoms with Crippen molar-refractivity contribution in [3.05, 3.63) is 11.6 Å². The molecule has 3 aliphatic heterocycles. The molecule has 1 spiro atoms. The summed E-state index contributed by atoms with van der Waals surface area (Å²) in [6, 6.07) is 0. The van der Waals surface area contributed by atoms with E-state index >= 15 is 0 Å². The molecule has 0 radical (unpaired) electrons. The standard InChI is InChI=1S/C32H48O5/c1-17-10-11-32(34-16-17)18(2)27-24(37-32)13-22-20-9-8-19-12-23-25(35-23)15-30(19,6)21(20)14-26(31(22,27)7)36-28(33)29(3,4)5/h13,17-21,23-27H,8-12,14-16H2,1-7H3/t17-,18-,19-,20+,21-,23-,24-,25+,26-,27-,30-,31+,32+/m0/s1. The van der Waals surface area contributed by atoms with E-state index in [1.807, 2.05) is 20.8 Å². The molecule has 0 unspecified atom stereocenters. The van der Waals surface area contributed by atoms with Gasteiger partial charge in [-0.3, -0.25) is 4.79 Å². The molecular formula is C32H48O5. The van der Waals surface area contributed by atoms with E-state index in [4.69, 9.17) is 18.9 Å². The predicted octanol–water partition coefficient (Wildman–Crippen LogP) is 6.30. The van der Waals surface area contributed by atoms with E-state index < -0.39 is 11.2 Å². The van der Waals surface area contributed by atoms with Crippen molar-refractivity contribution in [2.45, 2.75) is 124 Å². The van der Waals surface area contributed by atoms with Crippen LogP contribution in [0.1, 0.15) is 93.4 Å².